The number of carbonyl (C=O) groups is 3. The van der Waals surface area contributed by atoms with Crippen molar-refractivity contribution in [2.75, 3.05) is 17.2 Å². The van der Waals surface area contributed by atoms with Crippen LogP contribution in [-0.4, -0.2) is 33.6 Å². The standard InChI is InChI=1S/C29H32N6O3S/c1-16(2)11-13-33-28(37)25(20-8-10-22-19(15-20)6-5-12-32-22)35(21-9-7-17(3)18(4)14-21)29(38)26-23(30)24(27(31)36)34-39-26/h5-10,12,14-16,25H,11,13,30H2,1-4H3,(H2,31,36)(H,33,37)/t25-/m1/s1. The molecule has 0 spiro atoms. The number of hydrogen-bond donors (Lipinski definition) is 3. The summed E-state index contributed by atoms with van der Waals surface area (Å²) in [5.74, 6) is -1.34. The zero-order valence-electron chi connectivity index (χ0n) is 22.4. The first-order valence-corrected chi connectivity index (χ1v) is 13.4. The summed E-state index contributed by atoms with van der Waals surface area (Å²) in [7, 11) is 0. The topological polar surface area (TPSA) is 144 Å². The number of amides is 3. The summed E-state index contributed by atoms with van der Waals surface area (Å²) in [5.41, 5.74) is 15.2. The van der Waals surface area contributed by atoms with Gasteiger partial charge in [-0.15, -0.1) is 0 Å². The Kier molecular flexibility index (Phi) is 8.25. The molecule has 0 radical (unpaired) electrons. The van der Waals surface area contributed by atoms with Crippen LogP contribution >= 0.6 is 11.5 Å². The molecule has 2 aromatic heterocycles. The average molecular weight is 545 g/mol. The van der Waals surface area contributed by atoms with E-state index in [0.29, 0.717) is 23.7 Å². The first kappa shape index (κ1) is 27.7. The van der Waals surface area contributed by atoms with E-state index in [-0.39, 0.29) is 22.2 Å². The predicted octanol–water partition coefficient (Wildman–Crippen LogP) is 4.54. The second-order valence-corrected chi connectivity index (χ2v) is 10.7. The Bertz CT molecular complexity index is 1550. The number of primary amides is 1. The molecule has 0 aliphatic rings. The predicted molar refractivity (Wildman–Crippen MR) is 155 cm³/mol. The van der Waals surface area contributed by atoms with Crippen molar-refractivity contribution in [3.63, 3.8) is 0 Å². The number of nitrogens with zero attached hydrogens (tertiary/aromatic N) is 3. The quantitative estimate of drug-likeness (QED) is 0.282. The van der Waals surface area contributed by atoms with E-state index in [9.17, 15) is 14.4 Å². The number of aryl methyl sites for hydroxylation is 2. The molecular weight excluding hydrogens is 512 g/mol. The highest BCUT2D eigenvalue weighted by atomic mass is 32.1. The summed E-state index contributed by atoms with van der Waals surface area (Å²) >= 11 is 0.783. The fraction of sp³-hybridized carbons (Fsp3) is 0.276. The van der Waals surface area contributed by atoms with Crippen LogP contribution in [0.1, 0.15) is 63.2 Å². The largest absolute Gasteiger partial charge is 0.395 e. The summed E-state index contributed by atoms with van der Waals surface area (Å²) in [4.78, 5) is 45.8. The molecule has 2 aromatic carbocycles. The maximum absolute atomic E-state index is 14.2. The Morgan fingerprint density at radius 3 is 2.49 bits per heavy atom. The fourth-order valence-corrected chi connectivity index (χ4v) is 5.00. The van der Waals surface area contributed by atoms with Crippen LogP contribution in [0.5, 0.6) is 0 Å². The number of pyridine rings is 1. The van der Waals surface area contributed by atoms with Gasteiger partial charge in [0.25, 0.3) is 11.8 Å². The summed E-state index contributed by atoms with van der Waals surface area (Å²) in [6, 6.07) is 13.7. The molecule has 0 aliphatic carbocycles. The van der Waals surface area contributed by atoms with Crippen molar-refractivity contribution in [2.24, 2.45) is 11.7 Å². The van der Waals surface area contributed by atoms with Gasteiger partial charge in [0.1, 0.15) is 10.9 Å². The van der Waals surface area contributed by atoms with E-state index in [4.69, 9.17) is 11.5 Å². The molecule has 202 valence electrons. The summed E-state index contributed by atoms with van der Waals surface area (Å²) in [5, 5.41) is 3.84. The van der Waals surface area contributed by atoms with Gasteiger partial charge in [-0.1, -0.05) is 32.0 Å². The Hall–Kier alpha value is -4.31. The molecule has 4 rings (SSSR count). The van der Waals surface area contributed by atoms with Gasteiger partial charge in [-0.3, -0.25) is 24.3 Å². The molecule has 0 fully saturated rings. The van der Waals surface area contributed by atoms with Crippen molar-refractivity contribution >= 4 is 51.5 Å². The smallest absolute Gasteiger partial charge is 0.273 e. The molecule has 10 heteroatoms. The van der Waals surface area contributed by atoms with Crippen molar-refractivity contribution in [1.29, 1.82) is 0 Å². The van der Waals surface area contributed by atoms with Crippen molar-refractivity contribution < 1.29 is 14.4 Å². The number of aromatic nitrogens is 2. The average Bonchev–Trinajstić information content (AvgIpc) is 3.29. The molecule has 0 saturated heterocycles. The molecule has 3 amide bonds. The number of carbonyl (C=O) groups excluding carboxylic acids is 3. The van der Waals surface area contributed by atoms with E-state index in [1.807, 2.05) is 50.2 Å². The Labute approximate surface area is 231 Å². The molecular formula is C29H32N6O3S. The summed E-state index contributed by atoms with van der Waals surface area (Å²) in [6.45, 7) is 8.51. The number of hydrogen-bond acceptors (Lipinski definition) is 7. The molecule has 0 saturated carbocycles. The second kappa shape index (κ2) is 11.6. The molecule has 0 bridgehead atoms. The zero-order valence-corrected chi connectivity index (χ0v) is 23.2. The third-order valence-electron chi connectivity index (χ3n) is 6.61. The number of nitrogen functional groups attached to an aromatic ring is 1. The van der Waals surface area contributed by atoms with Gasteiger partial charge in [0.15, 0.2) is 5.69 Å². The van der Waals surface area contributed by atoms with Crippen LogP contribution < -0.4 is 21.7 Å². The van der Waals surface area contributed by atoms with Crippen molar-refractivity contribution in [2.45, 2.75) is 40.2 Å². The number of nitrogens with one attached hydrogen (secondary N) is 1. The first-order valence-electron chi connectivity index (χ1n) is 12.7. The van der Waals surface area contributed by atoms with Crippen LogP contribution in [0.4, 0.5) is 11.4 Å². The minimum absolute atomic E-state index is 0.0319. The highest BCUT2D eigenvalue weighted by molar-refractivity contribution is 7.09. The minimum Gasteiger partial charge on any atom is -0.395 e. The Morgan fingerprint density at radius 2 is 1.82 bits per heavy atom. The Balaban J connectivity index is 1.91. The van der Waals surface area contributed by atoms with Crippen LogP contribution in [-0.2, 0) is 4.79 Å². The molecule has 1 atom stereocenters. The maximum Gasteiger partial charge on any atom is 0.273 e. The van der Waals surface area contributed by atoms with Crippen LogP contribution in [0.15, 0.2) is 54.7 Å². The van der Waals surface area contributed by atoms with Crippen LogP contribution in [0.2, 0.25) is 0 Å². The molecule has 2 heterocycles. The van der Waals surface area contributed by atoms with Gasteiger partial charge in [0.05, 0.1) is 11.2 Å². The van der Waals surface area contributed by atoms with Gasteiger partial charge in [-0.25, -0.2) is 0 Å². The minimum atomic E-state index is -1.05. The summed E-state index contributed by atoms with van der Waals surface area (Å²) < 4.78 is 4.02. The maximum atomic E-state index is 14.2. The first-order chi connectivity index (χ1) is 18.6. The van der Waals surface area contributed by atoms with Gasteiger partial charge in [0, 0.05) is 23.8 Å². The molecule has 39 heavy (non-hydrogen) atoms. The van der Waals surface area contributed by atoms with Gasteiger partial charge < -0.3 is 16.8 Å². The van der Waals surface area contributed by atoms with E-state index in [1.54, 1.807) is 18.3 Å². The molecule has 5 N–H and O–H groups in total. The fourth-order valence-electron chi connectivity index (χ4n) is 4.26. The molecule has 0 aliphatic heterocycles. The number of benzene rings is 2. The van der Waals surface area contributed by atoms with E-state index >= 15 is 0 Å². The molecule has 0 unspecified atom stereocenters. The lowest BCUT2D eigenvalue weighted by atomic mass is 9.99. The number of rotatable bonds is 9. The van der Waals surface area contributed by atoms with Crippen LogP contribution in [0.25, 0.3) is 10.9 Å². The van der Waals surface area contributed by atoms with Crippen molar-refractivity contribution in [3.05, 3.63) is 82.0 Å². The number of anilines is 2. The van der Waals surface area contributed by atoms with Crippen LogP contribution in [0.3, 0.4) is 0 Å². The normalized spacial score (nSPS) is 11.9. The highest BCUT2D eigenvalue weighted by Crippen LogP contribution is 2.35. The highest BCUT2D eigenvalue weighted by Gasteiger charge is 2.36. The second-order valence-electron chi connectivity index (χ2n) is 9.91. The zero-order chi connectivity index (χ0) is 28.3. The lowest BCUT2D eigenvalue weighted by molar-refractivity contribution is -0.122. The van der Waals surface area contributed by atoms with Gasteiger partial charge in [0.2, 0.25) is 5.91 Å². The lowest BCUT2D eigenvalue weighted by Gasteiger charge is -2.32. The molecule has 9 nitrogen and oxygen atoms in total. The third-order valence-corrected chi connectivity index (χ3v) is 7.46. The Morgan fingerprint density at radius 1 is 1.05 bits per heavy atom. The van der Waals surface area contributed by atoms with Crippen LogP contribution in [0, 0.1) is 19.8 Å². The molecule has 4 aromatic rings. The van der Waals surface area contributed by atoms with Gasteiger partial charge >= 0.3 is 0 Å². The van der Waals surface area contributed by atoms with E-state index in [2.05, 4.69) is 28.5 Å². The van der Waals surface area contributed by atoms with E-state index in [1.165, 1.54) is 4.90 Å². The lowest BCUT2D eigenvalue weighted by Crippen LogP contribution is -2.44. The third kappa shape index (κ3) is 5.91. The van der Waals surface area contributed by atoms with E-state index in [0.717, 1.165) is 40.0 Å². The van der Waals surface area contributed by atoms with Crippen molar-refractivity contribution in [1.82, 2.24) is 14.7 Å². The SMILES string of the molecule is Cc1ccc(N(C(=O)c2snc(C(N)=O)c2N)[C@@H](C(=O)NCCC(C)C)c2ccc3ncccc3c2)cc1C. The number of fused-ring (bicyclic) bond motifs is 1. The monoisotopic (exact) mass is 544 g/mol. The van der Waals surface area contributed by atoms with Gasteiger partial charge in [-0.2, -0.15) is 4.37 Å². The van der Waals surface area contributed by atoms with E-state index < -0.39 is 17.9 Å². The van der Waals surface area contributed by atoms with Gasteiger partial charge in [-0.05, 0) is 84.7 Å². The van der Waals surface area contributed by atoms with Crippen molar-refractivity contribution in [3.8, 4) is 0 Å². The summed E-state index contributed by atoms with van der Waals surface area (Å²) in [6.07, 6.45) is 2.48. The number of nitrogens with two attached hydrogens (primary N) is 2.